The van der Waals surface area contributed by atoms with Crippen LogP contribution in [-0.4, -0.2) is 23.8 Å². The topological polar surface area (TPSA) is 12.0 Å². The van der Waals surface area contributed by atoms with Crippen molar-refractivity contribution < 1.29 is 13.2 Å². The van der Waals surface area contributed by atoms with Crippen molar-refractivity contribution in [2.75, 3.05) is 12.3 Å². The predicted octanol–water partition coefficient (Wildman–Crippen LogP) is 4.04. The van der Waals surface area contributed by atoms with Crippen LogP contribution in [0.3, 0.4) is 0 Å². The van der Waals surface area contributed by atoms with Gasteiger partial charge in [0.25, 0.3) is 0 Å². The van der Waals surface area contributed by atoms with Gasteiger partial charge in [-0.3, -0.25) is 0 Å². The minimum Gasteiger partial charge on any atom is -0.314 e. The van der Waals surface area contributed by atoms with E-state index in [1.807, 2.05) is 0 Å². The first-order valence-electron chi connectivity index (χ1n) is 6.32. The third kappa shape index (κ3) is 6.55. The summed E-state index contributed by atoms with van der Waals surface area (Å²) in [6, 6.07) is 0.459. The third-order valence-electron chi connectivity index (χ3n) is 3.36. The quantitative estimate of drug-likeness (QED) is 0.781. The van der Waals surface area contributed by atoms with Crippen LogP contribution in [-0.2, 0) is 0 Å². The monoisotopic (exact) mass is 269 g/mol. The molecule has 0 spiro atoms. The summed E-state index contributed by atoms with van der Waals surface area (Å²) in [4.78, 5) is 0. The molecular formula is C12H22F3NS. The lowest BCUT2D eigenvalue weighted by atomic mass is 9.93. The number of alkyl halides is 3. The molecule has 17 heavy (non-hydrogen) atoms. The molecule has 0 aromatic carbocycles. The largest absolute Gasteiger partial charge is 0.441 e. The second-order valence-corrected chi connectivity index (χ2v) is 6.26. The maximum absolute atomic E-state index is 12.0. The van der Waals surface area contributed by atoms with Crippen molar-refractivity contribution in [3.8, 4) is 0 Å². The minimum atomic E-state index is -4.07. The van der Waals surface area contributed by atoms with E-state index in [0.29, 0.717) is 24.3 Å². The van der Waals surface area contributed by atoms with E-state index in [4.69, 9.17) is 0 Å². The summed E-state index contributed by atoms with van der Waals surface area (Å²) in [7, 11) is 0. The van der Waals surface area contributed by atoms with Gasteiger partial charge in [-0.2, -0.15) is 13.2 Å². The summed E-state index contributed by atoms with van der Waals surface area (Å²) < 4.78 is 36.1. The molecule has 1 rings (SSSR count). The van der Waals surface area contributed by atoms with E-state index in [0.717, 1.165) is 13.0 Å². The summed E-state index contributed by atoms with van der Waals surface area (Å²) in [5, 5.41) is 3.40. The molecule has 2 unspecified atom stereocenters. The highest BCUT2D eigenvalue weighted by molar-refractivity contribution is 8.00. The first-order chi connectivity index (χ1) is 7.88. The Morgan fingerprint density at radius 1 is 1.24 bits per heavy atom. The maximum atomic E-state index is 12.0. The summed E-state index contributed by atoms with van der Waals surface area (Å²) >= 11 is 0.126. The zero-order valence-electron chi connectivity index (χ0n) is 10.5. The van der Waals surface area contributed by atoms with Gasteiger partial charge in [-0.1, -0.05) is 38.5 Å². The molecule has 1 N–H and O–H groups in total. The van der Waals surface area contributed by atoms with Crippen LogP contribution in [0.5, 0.6) is 0 Å². The lowest BCUT2D eigenvalue weighted by Gasteiger charge is -2.21. The SMILES string of the molecule is CC(C)NCC1CCCC1CCSC(F)(F)F. The van der Waals surface area contributed by atoms with Crippen LogP contribution in [0, 0.1) is 11.8 Å². The fourth-order valence-electron chi connectivity index (χ4n) is 2.48. The Labute approximate surface area is 106 Å². The van der Waals surface area contributed by atoms with Gasteiger partial charge in [0.15, 0.2) is 0 Å². The van der Waals surface area contributed by atoms with E-state index in [2.05, 4.69) is 19.2 Å². The summed E-state index contributed by atoms with van der Waals surface area (Å²) in [5.41, 5.74) is -4.07. The Morgan fingerprint density at radius 3 is 2.47 bits per heavy atom. The molecule has 0 heterocycles. The Hall–Kier alpha value is 0.100. The molecular weight excluding hydrogens is 247 g/mol. The summed E-state index contributed by atoms with van der Waals surface area (Å²) in [5.74, 6) is 1.27. The van der Waals surface area contributed by atoms with E-state index in [1.165, 1.54) is 12.8 Å². The molecule has 1 nitrogen and oxygen atoms in total. The third-order valence-corrected chi connectivity index (χ3v) is 4.13. The van der Waals surface area contributed by atoms with Crippen LogP contribution in [0.4, 0.5) is 13.2 Å². The molecule has 0 aromatic rings. The normalized spacial score (nSPS) is 25.8. The van der Waals surface area contributed by atoms with Crippen LogP contribution in [0.25, 0.3) is 0 Å². The van der Waals surface area contributed by atoms with E-state index >= 15 is 0 Å². The molecule has 0 amide bonds. The first kappa shape index (κ1) is 15.2. The molecule has 0 aliphatic heterocycles. The lowest BCUT2D eigenvalue weighted by molar-refractivity contribution is -0.0328. The van der Waals surface area contributed by atoms with Gasteiger partial charge in [0, 0.05) is 11.8 Å². The highest BCUT2D eigenvalue weighted by atomic mass is 32.2. The van der Waals surface area contributed by atoms with Crippen molar-refractivity contribution >= 4 is 11.8 Å². The van der Waals surface area contributed by atoms with Gasteiger partial charge in [-0.05, 0) is 31.2 Å². The number of thioether (sulfide) groups is 1. The Bertz CT molecular complexity index is 218. The molecule has 1 aliphatic carbocycles. The van der Waals surface area contributed by atoms with Crippen molar-refractivity contribution in [1.82, 2.24) is 5.32 Å². The van der Waals surface area contributed by atoms with Crippen molar-refractivity contribution in [2.45, 2.75) is 51.1 Å². The molecule has 1 aliphatic rings. The molecule has 0 saturated heterocycles. The number of halogens is 3. The van der Waals surface area contributed by atoms with Gasteiger partial charge in [0.05, 0.1) is 0 Å². The lowest BCUT2D eigenvalue weighted by Crippen LogP contribution is -2.30. The average molecular weight is 269 g/mol. The summed E-state index contributed by atoms with van der Waals surface area (Å²) in [6.07, 6.45) is 4.14. The van der Waals surface area contributed by atoms with Crippen LogP contribution in [0.15, 0.2) is 0 Å². The van der Waals surface area contributed by atoms with Crippen LogP contribution in [0.1, 0.15) is 39.5 Å². The van der Waals surface area contributed by atoms with Gasteiger partial charge in [0.2, 0.25) is 0 Å². The molecule has 0 bridgehead atoms. The van der Waals surface area contributed by atoms with Crippen LogP contribution >= 0.6 is 11.8 Å². The van der Waals surface area contributed by atoms with Crippen molar-refractivity contribution in [3.05, 3.63) is 0 Å². The smallest absolute Gasteiger partial charge is 0.314 e. The first-order valence-corrected chi connectivity index (χ1v) is 7.31. The number of hydrogen-bond donors (Lipinski definition) is 1. The molecule has 1 saturated carbocycles. The highest BCUT2D eigenvalue weighted by Gasteiger charge is 2.31. The van der Waals surface area contributed by atoms with Crippen molar-refractivity contribution in [2.24, 2.45) is 11.8 Å². The van der Waals surface area contributed by atoms with Crippen molar-refractivity contribution in [1.29, 1.82) is 0 Å². The van der Waals surface area contributed by atoms with Gasteiger partial charge in [-0.25, -0.2) is 0 Å². The Morgan fingerprint density at radius 2 is 1.88 bits per heavy atom. The van der Waals surface area contributed by atoms with Gasteiger partial charge < -0.3 is 5.32 Å². The number of rotatable bonds is 6. The molecule has 0 aromatic heterocycles. The van der Waals surface area contributed by atoms with Crippen LogP contribution in [0.2, 0.25) is 0 Å². The minimum absolute atomic E-state index is 0.126. The van der Waals surface area contributed by atoms with Crippen LogP contribution < -0.4 is 5.32 Å². The molecule has 2 atom stereocenters. The van der Waals surface area contributed by atoms with Gasteiger partial charge in [0.1, 0.15) is 0 Å². The van der Waals surface area contributed by atoms with E-state index in [-0.39, 0.29) is 17.5 Å². The molecule has 1 fully saturated rings. The fourth-order valence-corrected chi connectivity index (χ4v) is 3.13. The molecule has 102 valence electrons. The molecule has 0 radical (unpaired) electrons. The zero-order valence-corrected chi connectivity index (χ0v) is 11.3. The maximum Gasteiger partial charge on any atom is 0.441 e. The Balaban J connectivity index is 2.22. The standard InChI is InChI=1S/C12H22F3NS/c1-9(2)16-8-11-5-3-4-10(11)6-7-17-12(13,14)15/h9-11,16H,3-8H2,1-2H3. The Kier molecular flexibility index (Phi) is 6.13. The number of hydrogen-bond acceptors (Lipinski definition) is 2. The van der Waals surface area contributed by atoms with E-state index in [1.54, 1.807) is 0 Å². The van der Waals surface area contributed by atoms with Crippen molar-refractivity contribution in [3.63, 3.8) is 0 Å². The second kappa shape index (κ2) is 6.88. The molecule has 5 heteroatoms. The fraction of sp³-hybridized carbons (Fsp3) is 1.00. The summed E-state index contributed by atoms with van der Waals surface area (Å²) in [6.45, 7) is 5.16. The van der Waals surface area contributed by atoms with Gasteiger partial charge in [-0.15, -0.1) is 0 Å². The zero-order chi connectivity index (χ0) is 12.9. The average Bonchev–Trinajstić information content (AvgIpc) is 2.60. The van der Waals surface area contributed by atoms with Gasteiger partial charge >= 0.3 is 5.51 Å². The second-order valence-electron chi connectivity index (χ2n) is 5.10. The number of nitrogens with one attached hydrogen (secondary N) is 1. The predicted molar refractivity (Wildman–Crippen MR) is 67.1 cm³/mol. The van der Waals surface area contributed by atoms with E-state index < -0.39 is 5.51 Å². The highest BCUT2D eigenvalue weighted by Crippen LogP contribution is 2.37. The van der Waals surface area contributed by atoms with E-state index in [9.17, 15) is 13.2 Å².